The lowest BCUT2D eigenvalue weighted by Gasteiger charge is -2.34. The Bertz CT molecular complexity index is 963. The molecule has 0 bridgehead atoms. The Balaban J connectivity index is 1.45. The third-order valence-electron chi connectivity index (χ3n) is 5.87. The number of hydroxylamine groups is 2. The zero-order chi connectivity index (χ0) is 19.6. The molecule has 7 heteroatoms. The first-order chi connectivity index (χ1) is 13.4. The number of hydrogen-bond acceptors (Lipinski definition) is 6. The van der Waals surface area contributed by atoms with Crippen LogP contribution in [0.2, 0.25) is 0 Å². The first-order valence-corrected chi connectivity index (χ1v) is 9.27. The molecule has 3 saturated heterocycles. The molecule has 1 saturated carbocycles. The van der Waals surface area contributed by atoms with Crippen LogP contribution in [-0.2, 0) is 30.4 Å². The van der Waals surface area contributed by atoms with E-state index in [4.69, 9.17) is 20.0 Å². The highest BCUT2D eigenvalue weighted by Gasteiger charge is 2.76. The third kappa shape index (κ3) is 2.49. The van der Waals surface area contributed by atoms with Gasteiger partial charge >= 0.3 is 5.97 Å². The number of carbonyl (C=O) groups is 2. The van der Waals surface area contributed by atoms with Gasteiger partial charge in [-0.05, 0) is 30.2 Å². The average Bonchev–Trinajstić information content (AvgIpc) is 3.21. The van der Waals surface area contributed by atoms with Gasteiger partial charge in [-0.3, -0.25) is 14.4 Å². The highest BCUT2D eigenvalue weighted by Crippen LogP contribution is 2.57. The molecule has 144 valence electrons. The second-order valence-electron chi connectivity index (χ2n) is 7.87. The van der Waals surface area contributed by atoms with Crippen LogP contribution < -0.4 is 5.73 Å². The van der Waals surface area contributed by atoms with Crippen molar-refractivity contribution < 1.29 is 23.9 Å². The van der Waals surface area contributed by atoms with Gasteiger partial charge < -0.3 is 15.2 Å². The lowest BCUT2D eigenvalue weighted by Crippen LogP contribution is -2.57. The molecule has 4 fully saturated rings. The van der Waals surface area contributed by atoms with Crippen LogP contribution in [0, 0.1) is 17.8 Å². The number of fused-ring (bicyclic) bond motifs is 2. The van der Waals surface area contributed by atoms with Crippen molar-refractivity contribution in [2.45, 2.75) is 49.8 Å². The van der Waals surface area contributed by atoms with Gasteiger partial charge in [0.15, 0.2) is 5.60 Å². The van der Waals surface area contributed by atoms with Crippen molar-refractivity contribution >= 4 is 11.9 Å². The summed E-state index contributed by atoms with van der Waals surface area (Å²) in [6.45, 7) is 5.94. The van der Waals surface area contributed by atoms with Crippen LogP contribution in [0.3, 0.4) is 0 Å². The van der Waals surface area contributed by atoms with Gasteiger partial charge in [-0.25, -0.2) is 0 Å². The number of hydrogen-bond donors (Lipinski definition) is 1. The summed E-state index contributed by atoms with van der Waals surface area (Å²) < 4.78 is 11.1. The quantitative estimate of drug-likeness (QED) is 0.471. The van der Waals surface area contributed by atoms with Crippen LogP contribution >= 0.6 is 0 Å². The van der Waals surface area contributed by atoms with Crippen molar-refractivity contribution in [2.75, 3.05) is 0 Å². The maximum absolute atomic E-state index is 12.6. The van der Waals surface area contributed by atoms with Crippen molar-refractivity contribution in [1.82, 2.24) is 5.06 Å². The molecule has 6 atom stereocenters. The predicted octanol–water partition coefficient (Wildman–Crippen LogP) is 0.667. The summed E-state index contributed by atoms with van der Waals surface area (Å²) >= 11 is 0. The van der Waals surface area contributed by atoms with Crippen LogP contribution in [0.15, 0.2) is 36.4 Å². The number of nitrogens with zero attached hydrogens (tertiary/aromatic N) is 1. The zero-order valence-corrected chi connectivity index (χ0v) is 15.4. The summed E-state index contributed by atoms with van der Waals surface area (Å²) in [6, 6.07) is 6.97. The summed E-state index contributed by atoms with van der Waals surface area (Å²) in [4.78, 5) is 31.0. The van der Waals surface area contributed by atoms with Gasteiger partial charge in [-0.15, -0.1) is 0 Å². The SMILES string of the molecule is C=C(C)C#Cc1cccc(CN2O[C@@]3(C(N)=O)CC4OC4C4OC(=O)C2C43)c1. The molecule has 3 aliphatic heterocycles. The van der Waals surface area contributed by atoms with E-state index in [0.717, 1.165) is 16.7 Å². The summed E-state index contributed by atoms with van der Waals surface area (Å²) in [5.74, 6) is 4.57. The number of esters is 1. The molecule has 7 nitrogen and oxygen atoms in total. The second kappa shape index (κ2) is 5.92. The topological polar surface area (TPSA) is 94.4 Å². The largest absolute Gasteiger partial charge is 0.458 e. The van der Waals surface area contributed by atoms with Crippen molar-refractivity contribution in [2.24, 2.45) is 11.7 Å². The normalized spacial score (nSPS) is 37.3. The van der Waals surface area contributed by atoms with E-state index in [1.165, 1.54) is 0 Å². The highest BCUT2D eigenvalue weighted by atomic mass is 16.7. The Kier molecular flexibility index (Phi) is 3.68. The number of allylic oxidation sites excluding steroid dienone is 1. The number of ether oxygens (including phenoxy) is 2. The predicted molar refractivity (Wildman–Crippen MR) is 97.1 cm³/mol. The molecule has 5 rings (SSSR count). The van der Waals surface area contributed by atoms with Gasteiger partial charge in [0.05, 0.1) is 18.6 Å². The monoisotopic (exact) mass is 380 g/mol. The fourth-order valence-electron chi connectivity index (χ4n) is 4.65. The minimum atomic E-state index is -1.27. The van der Waals surface area contributed by atoms with E-state index >= 15 is 0 Å². The summed E-state index contributed by atoms with van der Waals surface area (Å²) in [5.41, 5.74) is 6.98. The molecular weight excluding hydrogens is 360 g/mol. The molecule has 1 amide bonds. The van der Waals surface area contributed by atoms with E-state index in [1.807, 2.05) is 31.2 Å². The van der Waals surface area contributed by atoms with Gasteiger partial charge in [0, 0.05) is 12.0 Å². The molecule has 3 heterocycles. The van der Waals surface area contributed by atoms with Crippen LogP contribution in [0.5, 0.6) is 0 Å². The molecule has 5 unspecified atom stereocenters. The first kappa shape index (κ1) is 17.4. The van der Waals surface area contributed by atoms with Crippen molar-refractivity contribution in [1.29, 1.82) is 0 Å². The van der Waals surface area contributed by atoms with Crippen LogP contribution in [0.1, 0.15) is 24.5 Å². The molecule has 28 heavy (non-hydrogen) atoms. The van der Waals surface area contributed by atoms with E-state index < -0.39 is 35.5 Å². The molecule has 1 aliphatic carbocycles. The summed E-state index contributed by atoms with van der Waals surface area (Å²) in [5, 5.41) is 1.55. The molecule has 2 N–H and O–H groups in total. The lowest BCUT2D eigenvalue weighted by atomic mass is 9.72. The Morgan fingerprint density at radius 2 is 2.25 bits per heavy atom. The number of rotatable bonds is 3. The molecule has 1 aromatic rings. The van der Waals surface area contributed by atoms with Crippen molar-refractivity contribution in [3.05, 3.63) is 47.5 Å². The zero-order valence-electron chi connectivity index (χ0n) is 15.4. The Labute approximate surface area is 162 Å². The van der Waals surface area contributed by atoms with Crippen molar-refractivity contribution in [3.8, 4) is 11.8 Å². The number of amides is 1. The molecule has 1 aromatic carbocycles. The number of nitrogens with two attached hydrogens (primary N) is 1. The summed E-state index contributed by atoms with van der Waals surface area (Å²) in [6.07, 6.45) is -0.444. The lowest BCUT2D eigenvalue weighted by molar-refractivity contribution is -0.227. The molecule has 0 aromatic heterocycles. The molecule has 4 aliphatic rings. The fourth-order valence-corrected chi connectivity index (χ4v) is 4.65. The molecule has 0 radical (unpaired) electrons. The first-order valence-electron chi connectivity index (χ1n) is 9.27. The summed E-state index contributed by atoms with van der Waals surface area (Å²) in [7, 11) is 0. The second-order valence-corrected chi connectivity index (χ2v) is 7.87. The number of primary amides is 1. The molecule has 0 spiro atoms. The minimum Gasteiger partial charge on any atom is -0.458 e. The number of benzene rings is 1. The Hall–Kier alpha value is -2.66. The highest BCUT2D eigenvalue weighted by molar-refractivity contribution is 5.89. The maximum Gasteiger partial charge on any atom is 0.326 e. The van der Waals surface area contributed by atoms with Gasteiger partial charge in [-0.1, -0.05) is 30.6 Å². The van der Waals surface area contributed by atoms with E-state index in [0.29, 0.717) is 13.0 Å². The van der Waals surface area contributed by atoms with E-state index in [1.54, 1.807) is 5.06 Å². The van der Waals surface area contributed by atoms with E-state index in [2.05, 4.69) is 18.4 Å². The average molecular weight is 380 g/mol. The van der Waals surface area contributed by atoms with E-state index in [-0.39, 0.29) is 12.2 Å². The third-order valence-corrected chi connectivity index (χ3v) is 5.87. The Morgan fingerprint density at radius 1 is 1.43 bits per heavy atom. The Morgan fingerprint density at radius 3 is 3.00 bits per heavy atom. The van der Waals surface area contributed by atoms with Crippen LogP contribution in [-0.4, -0.2) is 46.9 Å². The fraction of sp³-hybridized carbons (Fsp3) is 0.429. The van der Waals surface area contributed by atoms with Gasteiger partial charge in [0.1, 0.15) is 18.2 Å². The minimum absolute atomic E-state index is 0.152. The van der Waals surface area contributed by atoms with Gasteiger partial charge in [-0.2, -0.15) is 5.06 Å². The van der Waals surface area contributed by atoms with Crippen molar-refractivity contribution in [3.63, 3.8) is 0 Å². The maximum atomic E-state index is 12.6. The molecular formula is C21H20N2O5. The van der Waals surface area contributed by atoms with Gasteiger partial charge in [0.2, 0.25) is 0 Å². The van der Waals surface area contributed by atoms with Gasteiger partial charge in [0.25, 0.3) is 5.91 Å². The smallest absolute Gasteiger partial charge is 0.326 e. The van der Waals surface area contributed by atoms with Crippen LogP contribution in [0.4, 0.5) is 0 Å². The number of epoxide rings is 1. The van der Waals surface area contributed by atoms with Crippen LogP contribution in [0.25, 0.3) is 0 Å². The standard InChI is InChI=1S/C21H20N2O5/c1-11(2)6-7-12-4-3-5-13(8-12)10-23-16-15-18(27-19(16)24)17-14(26-17)9-21(15,28-23)20(22)25/h3-5,8,14-18H,1,9-10H2,2H3,(H2,22,25)/t14?,15?,16?,17?,18?,21-/m0/s1. The number of carbonyl (C=O) groups excluding carboxylic acids is 2. The van der Waals surface area contributed by atoms with E-state index in [9.17, 15) is 9.59 Å².